The molecule has 0 aliphatic carbocycles. The molecule has 0 spiro atoms. The quantitative estimate of drug-likeness (QED) is 0.569. The monoisotopic (exact) mass is 348 g/mol. The second kappa shape index (κ2) is 5.78. The van der Waals surface area contributed by atoms with E-state index >= 15 is 0 Å². The molecule has 1 fully saturated rings. The Bertz CT molecular complexity index is 738. The number of rotatable bonds is 4. The second-order valence-electron chi connectivity index (χ2n) is 4.91. The Morgan fingerprint density at radius 3 is 3.14 bits per heavy atom. The summed E-state index contributed by atoms with van der Waals surface area (Å²) in [6.45, 7) is -4.13. The second-order valence-corrected chi connectivity index (χ2v) is 7.66. The summed E-state index contributed by atoms with van der Waals surface area (Å²) in [6, 6.07) is 1.68. The number of thiol groups is 1. The summed E-state index contributed by atoms with van der Waals surface area (Å²) in [5.41, 5.74) is 6.20. The van der Waals surface area contributed by atoms with Crippen LogP contribution in [0.1, 0.15) is 12.6 Å². The maximum absolute atomic E-state index is 14.2. The van der Waals surface area contributed by atoms with Crippen molar-refractivity contribution >= 4 is 35.9 Å². The molecule has 2 aromatic heterocycles. The van der Waals surface area contributed by atoms with Gasteiger partial charge in [-0.3, -0.25) is 4.52 Å². The fraction of sp³-hybridized carbons (Fsp3) is 0.455. The number of nitrogens with zero attached hydrogens (tertiary/aromatic N) is 3. The lowest BCUT2D eigenvalue weighted by atomic mass is 10.2. The van der Waals surface area contributed by atoms with E-state index in [-0.39, 0.29) is 13.0 Å². The first-order chi connectivity index (χ1) is 10.3. The fourth-order valence-corrected chi connectivity index (χ4v) is 2.99. The van der Waals surface area contributed by atoms with Gasteiger partial charge in [-0.25, -0.2) is 18.9 Å². The van der Waals surface area contributed by atoms with Crippen LogP contribution in [0.15, 0.2) is 18.6 Å². The summed E-state index contributed by atoms with van der Waals surface area (Å²) >= 11 is 3.40. The topological polar surface area (TPSA) is 112 Å². The number of fused-ring (bicyclic) bond motifs is 1. The molecule has 0 saturated carbocycles. The Labute approximate surface area is 130 Å². The number of halogens is 1. The van der Waals surface area contributed by atoms with Crippen molar-refractivity contribution in [2.24, 2.45) is 0 Å². The van der Waals surface area contributed by atoms with Crippen LogP contribution in [-0.2, 0) is 13.8 Å². The van der Waals surface area contributed by atoms with Gasteiger partial charge in [-0.05, 0) is 6.07 Å². The van der Waals surface area contributed by atoms with Crippen LogP contribution in [0.3, 0.4) is 0 Å². The molecular formula is C11H14FN4O4PS. The van der Waals surface area contributed by atoms with Gasteiger partial charge in [0.1, 0.15) is 24.0 Å². The molecule has 0 amide bonds. The van der Waals surface area contributed by atoms with Crippen LogP contribution in [-0.4, -0.2) is 38.3 Å². The van der Waals surface area contributed by atoms with Crippen molar-refractivity contribution in [3.8, 4) is 0 Å². The minimum atomic E-state index is -3.92. The van der Waals surface area contributed by atoms with Gasteiger partial charge in [-0.2, -0.15) is 0 Å². The number of anilines is 1. The Morgan fingerprint density at radius 2 is 2.41 bits per heavy atom. The lowest BCUT2D eigenvalue weighted by molar-refractivity contribution is -0.0315. The van der Waals surface area contributed by atoms with Crippen LogP contribution in [0.2, 0.25) is 0 Å². The average Bonchev–Trinajstić information content (AvgIpc) is 3.00. The van der Waals surface area contributed by atoms with Crippen molar-refractivity contribution in [1.82, 2.24) is 14.5 Å². The zero-order valence-corrected chi connectivity index (χ0v) is 13.0. The third-order valence-corrected chi connectivity index (χ3v) is 4.20. The number of aromatic nitrogens is 3. The third kappa shape index (κ3) is 3.11. The van der Waals surface area contributed by atoms with E-state index in [4.69, 9.17) is 15.4 Å². The number of nitrogens with two attached hydrogens (primary N) is 1. The molecule has 3 rings (SSSR count). The summed E-state index contributed by atoms with van der Waals surface area (Å²) in [6.07, 6.45) is 0.0886. The van der Waals surface area contributed by atoms with E-state index in [2.05, 4.69) is 26.7 Å². The Hall–Kier alpha value is -1.19. The van der Waals surface area contributed by atoms with Gasteiger partial charge in [-0.15, -0.1) is 0 Å². The van der Waals surface area contributed by atoms with E-state index in [1.165, 1.54) is 10.9 Å². The first kappa shape index (κ1) is 15.7. The molecule has 1 aliphatic heterocycles. The van der Waals surface area contributed by atoms with Crippen LogP contribution >= 0.6 is 19.0 Å². The van der Waals surface area contributed by atoms with Gasteiger partial charge in [-0.1, -0.05) is 12.2 Å². The highest BCUT2D eigenvalue weighted by Gasteiger charge is 2.38. The fourth-order valence-electron chi connectivity index (χ4n) is 2.43. The highest BCUT2D eigenvalue weighted by atomic mass is 32.7. The Kier molecular flexibility index (Phi) is 4.13. The molecular weight excluding hydrogens is 334 g/mol. The minimum Gasteiger partial charge on any atom is -0.383 e. The standard InChI is InChI=1S/C11H14FN4O4PS/c12-8-3-6(4-19-21(17,18)22)20-11(8)16-2-1-7-9(13)14-5-15-10(7)16/h1-2,5-6,8,11H,3-4H2,(H2,13,14,15)(H2,17,18,22)/t6-,8-,11+/m0/s1. The third-order valence-electron chi connectivity index (χ3n) is 3.37. The molecule has 0 radical (unpaired) electrons. The number of nitrogen functional groups attached to an aromatic ring is 1. The zero-order valence-electron chi connectivity index (χ0n) is 11.2. The Morgan fingerprint density at radius 1 is 1.64 bits per heavy atom. The molecule has 0 aromatic carbocycles. The first-order valence-electron chi connectivity index (χ1n) is 6.42. The summed E-state index contributed by atoms with van der Waals surface area (Å²) in [5.74, 6) is 0.299. The van der Waals surface area contributed by atoms with Gasteiger partial charge in [0.2, 0.25) is 0 Å². The predicted octanol–water partition coefficient (Wildman–Crippen LogP) is 1.69. The molecule has 22 heavy (non-hydrogen) atoms. The molecule has 3 N–H and O–H groups in total. The SMILES string of the molecule is Nc1ncnc2c1ccn2[C@@H]1O[C@H](COP(=O)(O)S)C[C@@H]1F. The molecule has 0 bridgehead atoms. The van der Waals surface area contributed by atoms with Crippen LogP contribution < -0.4 is 5.73 Å². The lowest BCUT2D eigenvalue weighted by Gasteiger charge is -2.17. The summed E-state index contributed by atoms with van der Waals surface area (Å²) in [7, 11) is 0. The van der Waals surface area contributed by atoms with Gasteiger partial charge in [0.15, 0.2) is 6.23 Å². The van der Waals surface area contributed by atoms with E-state index in [0.29, 0.717) is 16.9 Å². The van der Waals surface area contributed by atoms with Gasteiger partial charge in [0.25, 0.3) is 0 Å². The van der Waals surface area contributed by atoms with Crippen LogP contribution in [0.4, 0.5) is 10.2 Å². The van der Waals surface area contributed by atoms with Crippen molar-refractivity contribution < 1.29 is 23.1 Å². The number of hydrogen-bond donors (Lipinski definition) is 3. The molecule has 3 heterocycles. The van der Waals surface area contributed by atoms with E-state index in [1.54, 1.807) is 12.3 Å². The minimum absolute atomic E-state index is 0.0404. The summed E-state index contributed by atoms with van der Waals surface area (Å²) in [4.78, 5) is 16.9. The van der Waals surface area contributed by atoms with Crippen molar-refractivity contribution in [2.45, 2.75) is 24.9 Å². The first-order valence-corrected chi connectivity index (χ1v) is 9.15. The molecule has 4 atom stereocenters. The van der Waals surface area contributed by atoms with E-state index in [9.17, 15) is 8.96 Å². The number of hydrogen-bond acceptors (Lipinski definition) is 6. The summed E-state index contributed by atoms with van der Waals surface area (Å²) in [5, 5.41) is 0.605. The molecule has 1 aliphatic rings. The maximum Gasteiger partial charge on any atom is 0.383 e. The largest absolute Gasteiger partial charge is 0.383 e. The van der Waals surface area contributed by atoms with Crippen molar-refractivity contribution in [1.29, 1.82) is 0 Å². The molecule has 1 unspecified atom stereocenters. The van der Waals surface area contributed by atoms with E-state index in [0.717, 1.165) is 0 Å². The zero-order chi connectivity index (χ0) is 15.9. The van der Waals surface area contributed by atoms with E-state index in [1.807, 2.05) is 0 Å². The average molecular weight is 348 g/mol. The molecule has 11 heteroatoms. The van der Waals surface area contributed by atoms with E-state index < -0.39 is 25.3 Å². The molecule has 120 valence electrons. The number of alkyl halides is 1. The summed E-state index contributed by atoms with van der Waals surface area (Å²) < 4.78 is 37.0. The van der Waals surface area contributed by atoms with Crippen molar-refractivity contribution in [3.05, 3.63) is 18.6 Å². The van der Waals surface area contributed by atoms with Gasteiger partial charge >= 0.3 is 6.80 Å². The molecule has 1 saturated heterocycles. The smallest absolute Gasteiger partial charge is 0.383 e. The van der Waals surface area contributed by atoms with Crippen LogP contribution in [0.5, 0.6) is 0 Å². The molecule has 8 nitrogen and oxygen atoms in total. The van der Waals surface area contributed by atoms with Gasteiger partial charge in [0.05, 0.1) is 18.1 Å². The van der Waals surface area contributed by atoms with Crippen LogP contribution in [0, 0.1) is 0 Å². The predicted molar refractivity (Wildman–Crippen MR) is 80.1 cm³/mol. The van der Waals surface area contributed by atoms with Crippen molar-refractivity contribution in [2.75, 3.05) is 12.3 Å². The maximum atomic E-state index is 14.2. The van der Waals surface area contributed by atoms with Crippen molar-refractivity contribution in [3.63, 3.8) is 0 Å². The van der Waals surface area contributed by atoms with Crippen LogP contribution in [0.25, 0.3) is 11.0 Å². The molecule has 2 aromatic rings. The highest BCUT2D eigenvalue weighted by Crippen LogP contribution is 2.47. The number of ether oxygens (including phenoxy) is 1. The highest BCUT2D eigenvalue weighted by molar-refractivity contribution is 8.44. The normalized spacial score (nSPS) is 28.0. The van der Waals surface area contributed by atoms with Gasteiger partial charge in [0, 0.05) is 12.6 Å². The lowest BCUT2D eigenvalue weighted by Crippen LogP contribution is -2.17. The van der Waals surface area contributed by atoms with Gasteiger partial charge < -0.3 is 19.9 Å². The Balaban J connectivity index is 1.80.